The van der Waals surface area contributed by atoms with E-state index in [4.69, 9.17) is 13.9 Å². The molecule has 5 heteroatoms. The summed E-state index contributed by atoms with van der Waals surface area (Å²) in [7, 11) is 0. The highest BCUT2D eigenvalue weighted by molar-refractivity contribution is 5.81. The van der Waals surface area contributed by atoms with Crippen LogP contribution in [-0.4, -0.2) is 12.6 Å². The number of para-hydroxylation sites is 1. The van der Waals surface area contributed by atoms with Crippen molar-refractivity contribution in [2.45, 2.75) is 26.4 Å². The first kappa shape index (κ1) is 17.7. The number of esters is 1. The van der Waals surface area contributed by atoms with Gasteiger partial charge in [-0.2, -0.15) is 0 Å². The second-order valence-corrected chi connectivity index (χ2v) is 5.85. The minimum absolute atomic E-state index is 0.0255. The Morgan fingerprint density at radius 1 is 1.08 bits per heavy atom. The Morgan fingerprint density at radius 2 is 1.88 bits per heavy atom. The number of aryl methyl sites for hydroxylation is 1. The molecule has 0 N–H and O–H groups in total. The average molecular weight is 352 g/mol. The summed E-state index contributed by atoms with van der Waals surface area (Å²) in [6.45, 7) is 2.29. The van der Waals surface area contributed by atoms with Gasteiger partial charge in [0.25, 0.3) is 0 Å². The summed E-state index contributed by atoms with van der Waals surface area (Å²) in [6.07, 6.45) is 0.981. The molecule has 0 fully saturated rings. The number of hydrogen-bond acceptors (Lipinski definition) is 5. The molecule has 0 aliphatic carbocycles. The zero-order chi connectivity index (χ0) is 18.4. The van der Waals surface area contributed by atoms with E-state index in [1.165, 1.54) is 6.07 Å². The van der Waals surface area contributed by atoms with Crippen LogP contribution >= 0.6 is 0 Å². The maximum Gasteiger partial charge on any atom is 0.336 e. The third-order valence-electron chi connectivity index (χ3n) is 4.01. The molecule has 0 radical (unpaired) electrons. The number of carbonyl (C=O) groups excluding carboxylic acids is 1. The first-order valence-electron chi connectivity index (χ1n) is 8.55. The fraction of sp³-hybridized carbons (Fsp3) is 0.238. The van der Waals surface area contributed by atoms with E-state index < -0.39 is 5.63 Å². The van der Waals surface area contributed by atoms with Crippen molar-refractivity contribution < 1.29 is 18.7 Å². The molecule has 0 unspecified atom stereocenters. The van der Waals surface area contributed by atoms with Gasteiger partial charge in [-0.3, -0.25) is 4.79 Å². The van der Waals surface area contributed by atoms with Crippen LogP contribution in [0.25, 0.3) is 11.0 Å². The van der Waals surface area contributed by atoms with Gasteiger partial charge in [0.05, 0.1) is 13.0 Å². The largest absolute Gasteiger partial charge is 0.493 e. The fourth-order valence-corrected chi connectivity index (χ4v) is 2.61. The molecule has 0 amide bonds. The summed E-state index contributed by atoms with van der Waals surface area (Å²) in [4.78, 5) is 23.7. The van der Waals surface area contributed by atoms with Gasteiger partial charge in [-0.05, 0) is 30.2 Å². The van der Waals surface area contributed by atoms with Crippen molar-refractivity contribution in [1.29, 1.82) is 0 Å². The van der Waals surface area contributed by atoms with Crippen LogP contribution in [0.15, 0.2) is 63.8 Å². The molecule has 3 rings (SSSR count). The van der Waals surface area contributed by atoms with E-state index >= 15 is 0 Å². The van der Waals surface area contributed by atoms with Crippen molar-refractivity contribution in [1.82, 2.24) is 0 Å². The summed E-state index contributed by atoms with van der Waals surface area (Å²) in [6, 6.07) is 16.3. The van der Waals surface area contributed by atoms with E-state index in [9.17, 15) is 9.59 Å². The van der Waals surface area contributed by atoms with Gasteiger partial charge in [-0.15, -0.1) is 0 Å². The van der Waals surface area contributed by atoms with Gasteiger partial charge >= 0.3 is 11.6 Å². The van der Waals surface area contributed by atoms with Crippen molar-refractivity contribution in [3.05, 3.63) is 76.1 Å². The lowest BCUT2D eigenvalue weighted by molar-refractivity contribution is -0.145. The molecule has 2 aromatic carbocycles. The lowest BCUT2D eigenvalue weighted by Crippen LogP contribution is -2.11. The van der Waals surface area contributed by atoms with Gasteiger partial charge in [0.2, 0.25) is 0 Å². The number of ether oxygens (including phenoxy) is 2. The van der Waals surface area contributed by atoms with Crippen molar-refractivity contribution in [2.75, 3.05) is 6.61 Å². The minimum Gasteiger partial charge on any atom is -0.493 e. The number of hydrogen-bond donors (Lipinski definition) is 0. The van der Waals surface area contributed by atoms with E-state index in [1.54, 1.807) is 0 Å². The molecule has 26 heavy (non-hydrogen) atoms. The normalized spacial score (nSPS) is 10.7. The molecule has 1 aromatic heterocycles. The highest BCUT2D eigenvalue weighted by Gasteiger charge is 2.10. The Kier molecular flexibility index (Phi) is 5.69. The highest BCUT2D eigenvalue weighted by atomic mass is 16.5. The molecule has 0 aliphatic rings. The zero-order valence-corrected chi connectivity index (χ0v) is 14.6. The van der Waals surface area contributed by atoms with Crippen LogP contribution in [0.1, 0.15) is 24.5 Å². The Bertz CT molecular complexity index is 944. The number of carbonyl (C=O) groups is 1. The van der Waals surface area contributed by atoms with Crippen LogP contribution < -0.4 is 10.4 Å². The van der Waals surface area contributed by atoms with Crippen molar-refractivity contribution in [3.8, 4) is 5.75 Å². The van der Waals surface area contributed by atoms with Crippen LogP contribution in [0.2, 0.25) is 0 Å². The second-order valence-electron chi connectivity index (χ2n) is 5.85. The molecule has 0 saturated heterocycles. The second kappa shape index (κ2) is 8.34. The zero-order valence-electron chi connectivity index (χ0n) is 14.6. The molecule has 0 atom stereocenters. The minimum atomic E-state index is -0.454. The Morgan fingerprint density at radius 3 is 2.65 bits per heavy atom. The molecule has 0 aliphatic heterocycles. The number of fused-ring (bicyclic) bond motifs is 1. The molecular weight excluding hydrogens is 332 g/mol. The summed E-state index contributed by atoms with van der Waals surface area (Å²) in [5.74, 6) is 0.325. The molecular formula is C21H20O5. The highest BCUT2D eigenvalue weighted by Crippen LogP contribution is 2.20. The van der Waals surface area contributed by atoms with Crippen molar-refractivity contribution in [3.63, 3.8) is 0 Å². The van der Waals surface area contributed by atoms with Crippen LogP contribution in [-0.2, 0) is 22.6 Å². The smallest absolute Gasteiger partial charge is 0.336 e. The predicted molar refractivity (Wildman–Crippen MR) is 98.2 cm³/mol. The maximum atomic E-state index is 11.9. The van der Waals surface area contributed by atoms with Crippen molar-refractivity contribution in [2.24, 2.45) is 0 Å². The van der Waals surface area contributed by atoms with Crippen molar-refractivity contribution >= 4 is 16.9 Å². The van der Waals surface area contributed by atoms with E-state index in [1.807, 2.05) is 55.5 Å². The average Bonchev–Trinajstić information content (AvgIpc) is 2.66. The third kappa shape index (κ3) is 4.51. The van der Waals surface area contributed by atoms with E-state index in [0.717, 1.165) is 17.4 Å². The Balaban J connectivity index is 1.60. The van der Waals surface area contributed by atoms with E-state index in [0.29, 0.717) is 16.9 Å². The summed E-state index contributed by atoms with van der Waals surface area (Å²) in [5, 5.41) is 0.773. The standard InChI is InChI=1S/C21H20O5/c1-2-15-8-9-18-16(13-21(23)26-19(18)12-15)14-25-20(22)10-11-24-17-6-4-3-5-7-17/h3-9,12-13H,2,10-11,14H2,1H3. The quantitative estimate of drug-likeness (QED) is 0.477. The molecule has 0 spiro atoms. The summed E-state index contributed by atoms with van der Waals surface area (Å²) >= 11 is 0. The monoisotopic (exact) mass is 352 g/mol. The third-order valence-corrected chi connectivity index (χ3v) is 4.01. The molecule has 3 aromatic rings. The van der Waals surface area contributed by atoms with E-state index in [-0.39, 0.29) is 25.6 Å². The Hall–Kier alpha value is -3.08. The van der Waals surface area contributed by atoms with Gasteiger partial charge < -0.3 is 13.9 Å². The van der Waals surface area contributed by atoms with Gasteiger partial charge in [-0.1, -0.05) is 37.3 Å². The first-order chi connectivity index (χ1) is 12.7. The van der Waals surface area contributed by atoms with Gasteiger partial charge in [-0.25, -0.2) is 4.79 Å². The van der Waals surface area contributed by atoms with Gasteiger partial charge in [0, 0.05) is 17.0 Å². The van der Waals surface area contributed by atoms with Gasteiger partial charge in [0.15, 0.2) is 0 Å². The SMILES string of the molecule is CCc1ccc2c(COC(=O)CCOc3ccccc3)cc(=O)oc2c1. The molecule has 0 bridgehead atoms. The van der Waals surface area contributed by atoms with E-state index in [2.05, 4.69) is 0 Å². The number of rotatable bonds is 7. The van der Waals surface area contributed by atoms with Crippen LogP contribution in [0.4, 0.5) is 0 Å². The van der Waals surface area contributed by atoms with Gasteiger partial charge in [0.1, 0.15) is 17.9 Å². The fourth-order valence-electron chi connectivity index (χ4n) is 2.61. The number of benzene rings is 2. The topological polar surface area (TPSA) is 65.7 Å². The Labute approximate surface area is 151 Å². The van der Waals surface area contributed by atoms with Crippen LogP contribution in [0.3, 0.4) is 0 Å². The molecule has 0 saturated carbocycles. The lowest BCUT2D eigenvalue weighted by Gasteiger charge is -2.09. The summed E-state index contributed by atoms with van der Waals surface area (Å²) in [5.41, 5.74) is 1.77. The van der Waals surface area contributed by atoms with Crippen LogP contribution in [0.5, 0.6) is 5.75 Å². The predicted octanol–water partition coefficient (Wildman–Crippen LogP) is 3.87. The lowest BCUT2D eigenvalue weighted by atomic mass is 10.1. The molecule has 5 nitrogen and oxygen atoms in total. The molecule has 134 valence electrons. The summed E-state index contributed by atoms with van der Waals surface area (Å²) < 4.78 is 16.0. The first-order valence-corrected chi connectivity index (χ1v) is 8.55. The molecule has 1 heterocycles. The van der Waals surface area contributed by atoms with Crippen LogP contribution in [0, 0.1) is 0 Å². The maximum absolute atomic E-state index is 11.9.